The average molecular weight is 225 g/mol. The van der Waals surface area contributed by atoms with Crippen molar-refractivity contribution in [3.05, 3.63) is 0 Å². The van der Waals surface area contributed by atoms with Gasteiger partial charge >= 0.3 is 0 Å². The first-order chi connectivity index (χ1) is 7.45. The summed E-state index contributed by atoms with van der Waals surface area (Å²) in [6, 6.07) is 0. The molecule has 0 bridgehead atoms. The molecule has 2 saturated carbocycles. The van der Waals surface area contributed by atoms with Gasteiger partial charge in [0.1, 0.15) is 0 Å². The summed E-state index contributed by atoms with van der Waals surface area (Å²) in [7, 11) is 0. The minimum atomic E-state index is -0.575. The van der Waals surface area contributed by atoms with E-state index in [0.29, 0.717) is 5.92 Å². The maximum absolute atomic E-state index is 10.9. The van der Waals surface area contributed by atoms with Gasteiger partial charge in [0.15, 0.2) is 0 Å². The molecule has 16 heavy (non-hydrogen) atoms. The smallest absolute Gasteiger partial charge is 0.0826 e. The maximum atomic E-state index is 10.9. The lowest BCUT2D eigenvalue weighted by molar-refractivity contribution is -0.0905. The molecule has 0 heterocycles. The zero-order valence-electron chi connectivity index (χ0n) is 10.8. The molecular formula is C14H27NO. The van der Waals surface area contributed by atoms with Crippen LogP contribution < -0.4 is 5.73 Å². The van der Waals surface area contributed by atoms with E-state index in [9.17, 15) is 5.11 Å². The van der Waals surface area contributed by atoms with E-state index in [0.717, 1.165) is 44.4 Å². The average Bonchev–Trinajstić information content (AvgIpc) is 2.22. The van der Waals surface area contributed by atoms with E-state index < -0.39 is 5.60 Å². The summed E-state index contributed by atoms with van der Waals surface area (Å²) in [5.74, 6) is 1.45. The molecule has 2 fully saturated rings. The Labute approximate surface area is 99.6 Å². The van der Waals surface area contributed by atoms with Crippen molar-refractivity contribution in [2.75, 3.05) is 0 Å². The standard InChI is InChI=1S/C14H27NO/c1-11-5-8-14(16,9-6-11)13(15)7-3-4-12(2)10-13/h11-12,16H,3-10,15H2,1-2H3. The van der Waals surface area contributed by atoms with E-state index in [4.69, 9.17) is 5.73 Å². The molecule has 2 rings (SSSR count). The minimum absolute atomic E-state index is 0.301. The summed E-state index contributed by atoms with van der Waals surface area (Å²) in [6.07, 6.45) is 8.61. The van der Waals surface area contributed by atoms with E-state index >= 15 is 0 Å². The van der Waals surface area contributed by atoms with Crippen molar-refractivity contribution in [1.82, 2.24) is 0 Å². The lowest BCUT2D eigenvalue weighted by atomic mass is 9.62. The molecule has 94 valence electrons. The van der Waals surface area contributed by atoms with Crippen LogP contribution in [0.5, 0.6) is 0 Å². The molecule has 0 aliphatic heterocycles. The molecule has 0 saturated heterocycles. The first kappa shape index (κ1) is 12.4. The van der Waals surface area contributed by atoms with Crippen LogP contribution in [0.4, 0.5) is 0 Å². The topological polar surface area (TPSA) is 46.2 Å². The van der Waals surface area contributed by atoms with Crippen LogP contribution in [0, 0.1) is 11.8 Å². The molecule has 3 N–H and O–H groups in total. The molecule has 2 heteroatoms. The second-order valence-electron chi connectivity index (χ2n) is 6.57. The molecular weight excluding hydrogens is 198 g/mol. The van der Waals surface area contributed by atoms with Crippen molar-refractivity contribution in [3.63, 3.8) is 0 Å². The van der Waals surface area contributed by atoms with E-state index in [1.165, 1.54) is 12.8 Å². The lowest BCUT2D eigenvalue weighted by Gasteiger charge is -2.51. The number of aliphatic hydroxyl groups is 1. The number of rotatable bonds is 1. The third-order valence-corrected chi connectivity index (χ3v) is 5.06. The molecule has 2 aliphatic rings. The number of hydrogen-bond acceptors (Lipinski definition) is 2. The van der Waals surface area contributed by atoms with Crippen molar-refractivity contribution in [1.29, 1.82) is 0 Å². The first-order valence-electron chi connectivity index (χ1n) is 6.96. The summed E-state index contributed by atoms with van der Waals surface area (Å²) in [5, 5.41) is 10.9. The number of nitrogens with two attached hydrogens (primary N) is 1. The van der Waals surface area contributed by atoms with Crippen molar-refractivity contribution in [3.8, 4) is 0 Å². The monoisotopic (exact) mass is 225 g/mol. The quantitative estimate of drug-likeness (QED) is 0.721. The van der Waals surface area contributed by atoms with Gasteiger partial charge in [-0.2, -0.15) is 0 Å². The highest BCUT2D eigenvalue weighted by molar-refractivity contribution is 5.07. The Balaban J connectivity index is 2.09. The highest BCUT2D eigenvalue weighted by Crippen LogP contribution is 2.45. The van der Waals surface area contributed by atoms with Gasteiger partial charge in [-0.05, 0) is 50.4 Å². The van der Waals surface area contributed by atoms with Gasteiger partial charge in [-0.15, -0.1) is 0 Å². The Morgan fingerprint density at radius 2 is 1.62 bits per heavy atom. The first-order valence-corrected chi connectivity index (χ1v) is 6.96. The molecule has 2 aliphatic carbocycles. The Hall–Kier alpha value is -0.0800. The Morgan fingerprint density at radius 1 is 1.00 bits per heavy atom. The van der Waals surface area contributed by atoms with Crippen LogP contribution in [0.3, 0.4) is 0 Å². The molecule has 0 radical (unpaired) electrons. The Bertz CT molecular complexity index is 245. The SMILES string of the molecule is CC1CCC(O)(C2(N)CCCC(C)C2)CC1. The van der Waals surface area contributed by atoms with Crippen LogP contribution in [0.25, 0.3) is 0 Å². The second-order valence-corrected chi connectivity index (χ2v) is 6.57. The molecule has 0 aromatic carbocycles. The second kappa shape index (κ2) is 4.30. The van der Waals surface area contributed by atoms with Crippen molar-refractivity contribution in [2.24, 2.45) is 17.6 Å². The maximum Gasteiger partial charge on any atom is 0.0826 e. The van der Waals surface area contributed by atoms with Crippen LogP contribution in [-0.2, 0) is 0 Å². The van der Waals surface area contributed by atoms with E-state index in [1.807, 2.05) is 0 Å². The fourth-order valence-electron chi connectivity index (χ4n) is 3.75. The Morgan fingerprint density at radius 3 is 2.19 bits per heavy atom. The van der Waals surface area contributed by atoms with Gasteiger partial charge in [-0.25, -0.2) is 0 Å². The lowest BCUT2D eigenvalue weighted by Crippen LogP contribution is -2.63. The zero-order chi connectivity index (χ0) is 11.8. The molecule has 0 spiro atoms. The van der Waals surface area contributed by atoms with Crippen molar-refractivity contribution >= 4 is 0 Å². The summed E-state index contributed by atoms with van der Waals surface area (Å²) in [4.78, 5) is 0. The Kier molecular flexibility index (Phi) is 3.33. The number of hydrogen-bond donors (Lipinski definition) is 2. The van der Waals surface area contributed by atoms with Gasteiger partial charge in [-0.3, -0.25) is 0 Å². The molecule has 0 amide bonds. The summed E-state index contributed by atoms with van der Waals surface area (Å²) < 4.78 is 0. The molecule has 0 aromatic heterocycles. The fraction of sp³-hybridized carbons (Fsp3) is 1.00. The predicted molar refractivity (Wildman–Crippen MR) is 67.1 cm³/mol. The fourth-order valence-corrected chi connectivity index (χ4v) is 3.75. The molecule has 2 unspecified atom stereocenters. The van der Waals surface area contributed by atoms with Crippen molar-refractivity contribution in [2.45, 2.75) is 76.4 Å². The predicted octanol–water partition coefficient (Wildman–Crippen LogP) is 2.84. The van der Waals surface area contributed by atoms with Crippen LogP contribution >= 0.6 is 0 Å². The normalized spacial score (nSPS) is 50.2. The van der Waals surface area contributed by atoms with E-state index in [1.54, 1.807) is 0 Å². The van der Waals surface area contributed by atoms with Crippen molar-refractivity contribution < 1.29 is 5.11 Å². The van der Waals surface area contributed by atoms with Crippen LogP contribution in [0.15, 0.2) is 0 Å². The summed E-state index contributed by atoms with van der Waals surface area (Å²) in [5.41, 5.74) is 5.68. The molecule has 2 atom stereocenters. The van der Waals surface area contributed by atoms with Crippen LogP contribution in [0.1, 0.15) is 65.2 Å². The van der Waals surface area contributed by atoms with Gasteiger partial charge in [0, 0.05) is 5.54 Å². The third kappa shape index (κ3) is 2.14. The summed E-state index contributed by atoms with van der Waals surface area (Å²) in [6.45, 7) is 4.56. The van der Waals surface area contributed by atoms with Gasteiger partial charge in [0.05, 0.1) is 5.60 Å². The van der Waals surface area contributed by atoms with Gasteiger partial charge in [-0.1, -0.05) is 26.7 Å². The highest BCUT2D eigenvalue weighted by atomic mass is 16.3. The minimum Gasteiger partial charge on any atom is -0.388 e. The molecule has 2 nitrogen and oxygen atoms in total. The van der Waals surface area contributed by atoms with Gasteiger partial charge in [0.25, 0.3) is 0 Å². The zero-order valence-corrected chi connectivity index (χ0v) is 10.8. The van der Waals surface area contributed by atoms with Gasteiger partial charge < -0.3 is 10.8 Å². The highest BCUT2D eigenvalue weighted by Gasteiger charge is 2.49. The van der Waals surface area contributed by atoms with E-state index in [-0.39, 0.29) is 5.54 Å². The van der Waals surface area contributed by atoms with Crippen LogP contribution in [-0.4, -0.2) is 16.2 Å². The third-order valence-electron chi connectivity index (χ3n) is 5.06. The molecule has 0 aromatic rings. The summed E-state index contributed by atoms with van der Waals surface area (Å²) >= 11 is 0. The van der Waals surface area contributed by atoms with Gasteiger partial charge in [0.2, 0.25) is 0 Å². The largest absolute Gasteiger partial charge is 0.388 e. The van der Waals surface area contributed by atoms with E-state index in [2.05, 4.69) is 13.8 Å². The van der Waals surface area contributed by atoms with Crippen LogP contribution in [0.2, 0.25) is 0 Å².